The van der Waals surface area contributed by atoms with Crippen LogP contribution in [-0.2, 0) is 18.6 Å². The van der Waals surface area contributed by atoms with Gasteiger partial charge < -0.3 is 54.5 Å². The number of aromatic nitrogens is 2. The van der Waals surface area contributed by atoms with E-state index in [1.54, 1.807) is 0 Å². The molecule has 0 aromatic carbocycles. The summed E-state index contributed by atoms with van der Waals surface area (Å²) in [6.07, 6.45) is -3.91. The van der Waals surface area contributed by atoms with Crippen LogP contribution in [0.3, 0.4) is 0 Å². The van der Waals surface area contributed by atoms with Gasteiger partial charge in [-0.05, 0) is 0 Å². The summed E-state index contributed by atoms with van der Waals surface area (Å²) in [5, 5.41) is 18.3. The van der Waals surface area contributed by atoms with Crippen LogP contribution < -0.4 is 15.2 Å². The van der Waals surface area contributed by atoms with Crippen LogP contribution in [-0.4, -0.2) is 91.1 Å². The Morgan fingerprint density at radius 3 is 1.55 bits per heavy atom. The van der Waals surface area contributed by atoms with Crippen molar-refractivity contribution in [1.82, 2.24) is 9.97 Å². The van der Waals surface area contributed by atoms with Crippen molar-refractivity contribution in [2.45, 2.75) is 12.2 Å². The zero-order chi connectivity index (χ0) is 22.1. The van der Waals surface area contributed by atoms with E-state index in [2.05, 4.69) is 9.97 Å². The maximum Gasteiger partial charge on any atom is 0.350 e. The maximum atomic E-state index is 10.8. The number of aliphatic hydroxyl groups is 2. The van der Waals surface area contributed by atoms with Crippen molar-refractivity contribution in [3.05, 3.63) is 6.07 Å². The minimum Gasteiger partial charge on any atom is -0.475 e. The number of nitrogen functional groups attached to an aromatic ring is 1. The van der Waals surface area contributed by atoms with Crippen molar-refractivity contribution < 1.29 is 57.9 Å². The van der Waals surface area contributed by atoms with Crippen molar-refractivity contribution in [3.63, 3.8) is 0 Å². The molecule has 29 heavy (non-hydrogen) atoms. The van der Waals surface area contributed by atoms with Gasteiger partial charge in [-0.3, -0.25) is 9.13 Å². The molecule has 0 aliphatic rings. The molecule has 0 aliphatic carbocycles. The van der Waals surface area contributed by atoms with Gasteiger partial charge in [-0.25, -0.2) is 0 Å². The number of nitrogens with zero attached hydrogens (tertiary/aromatic N) is 2. The SMILES string of the molecule is Nc1nc(OC[C@@H](CO)OCP(=O)(O)O)cc(OC[C@H](CO)OCP(=O)(O)O)n1. The van der Waals surface area contributed by atoms with Gasteiger partial charge in [-0.1, -0.05) is 0 Å². The van der Waals surface area contributed by atoms with Crippen LogP contribution in [0.2, 0.25) is 0 Å². The summed E-state index contributed by atoms with van der Waals surface area (Å²) < 4.78 is 41.7. The Hall–Kier alpha value is -1.38. The lowest BCUT2D eigenvalue weighted by Gasteiger charge is -2.18. The topological polar surface area (TPSA) is 244 Å². The molecule has 2 atom stereocenters. The largest absolute Gasteiger partial charge is 0.475 e. The highest BCUT2D eigenvalue weighted by molar-refractivity contribution is 7.51. The molecule has 1 heterocycles. The molecule has 0 saturated carbocycles. The van der Waals surface area contributed by atoms with Gasteiger partial charge in [-0.2, -0.15) is 9.97 Å². The molecule has 168 valence electrons. The number of hydrogen-bond acceptors (Lipinski definition) is 11. The van der Waals surface area contributed by atoms with Crippen molar-refractivity contribution >= 4 is 21.1 Å². The molecule has 0 radical (unpaired) electrons. The van der Waals surface area contributed by atoms with Gasteiger partial charge >= 0.3 is 15.2 Å². The number of nitrogens with two attached hydrogens (primary N) is 1. The Morgan fingerprint density at radius 2 is 1.24 bits per heavy atom. The van der Waals surface area contributed by atoms with Crippen molar-refractivity contribution in [2.75, 3.05) is 44.9 Å². The third kappa shape index (κ3) is 12.0. The van der Waals surface area contributed by atoms with E-state index in [0.717, 1.165) is 0 Å². The molecule has 0 saturated heterocycles. The fraction of sp³-hybridized carbons (Fsp3) is 0.667. The second-order valence-corrected chi connectivity index (χ2v) is 8.73. The standard InChI is InChI=1S/C12H23N3O12P2/c13-12-14-10(24-4-8(2-16)26-6-28(18,19)20)1-11(15-12)25-5-9(3-17)27-7-29(21,22)23/h1,8-9,16-17H,2-7H2,(H2,13,14,15)(H2,18,19,20)(H2,21,22,23)/t8-,9+. The van der Waals surface area contributed by atoms with Crippen molar-refractivity contribution in [3.8, 4) is 11.8 Å². The minimum atomic E-state index is -4.42. The Bertz CT molecular complexity index is 670. The van der Waals surface area contributed by atoms with Crippen LogP contribution >= 0.6 is 15.2 Å². The first kappa shape index (κ1) is 25.7. The minimum absolute atomic E-state index is 0.109. The van der Waals surface area contributed by atoms with Crippen LogP contribution in [0.25, 0.3) is 0 Å². The maximum absolute atomic E-state index is 10.8. The van der Waals surface area contributed by atoms with E-state index >= 15 is 0 Å². The van der Waals surface area contributed by atoms with Gasteiger partial charge in [0.05, 0.1) is 19.3 Å². The van der Waals surface area contributed by atoms with Crippen molar-refractivity contribution in [1.29, 1.82) is 0 Å². The molecule has 17 heteroatoms. The Labute approximate surface area is 164 Å². The molecule has 1 rings (SSSR count). The third-order valence-electron chi connectivity index (χ3n) is 2.89. The van der Waals surface area contributed by atoms with Gasteiger partial charge in [0.2, 0.25) is 17.7 Å². The molecule has 15 nitrogen and oxygen atoms in total. The monoisotopic (exact) mass is 463 g/mol. The van der Waals surface area contributed by atoms with Crippen LogP contribution in [0.1, 0.15) is 0 Å². The smallest absolute Gasteiger partial charge is 0.350 e. The normalized spacial score (nSPS) is 14.4. The average molecular weight is 463 g/mol. The van der Waals surface area contributed by atoms with E-state index in [1.165, 1.54) is 6.07 Å². The predicted molar refractivity (Wildman–Crippen MR) is 95.2 cm³/mol. The van der Waals surface area contributed by atoms with E-state index in [4.69, 9.17) is 54.5 Å². The van der Waals surface area contributed by atoms with E-state index in [-0.39, 0.29) is 30.9 Å². The molecule has 0 bridgehead atoms. The lowest BCUT2D eigenvalue weighted by atomic mass is 10.4. The first-order valence-electron chi connectivity index (χ1n) is 7.86. The fourth-order valence-electron chi connectivity index (χ4n) is 1.64. The molecular formula is C12H23N3O12P2. The van der Waals surface area contributed by atoms with Crippen molar-refractivity contribution in [2.24, 2.45) is 0 Å². The summed E-state index contributed by atoms with van der Waals surface area (Å²) in [7, 11) is -8.84. The summed E-state index contributed by atoms with van der Waals surface area (Å²) in [5.41, 5.74) is 5.52. The first-order chi connectivity index (χ1) is 13.4. The summed E-state index contributed by atoms with van der Waals surface area (Å²) in [6.45, 7) is -1.81. The summed E-state index contributed by atoms with van der Waals surface area (Å²) in [6, 6.07) is 1.19. The highest BCUT2D eigenvalue weighted by Crippen LogP contribution is 2.35. The summed E-state index contributed by atoms with van der Waals surface area (Å²) in [5.74, 6) is -0.476. The molecule has 0 spiro atoms. The quantitative estimate of drug-likeness (QED) is 0.145. The number of rotatable bonds is 14. The molecule has 0 amide bonds. The van der Waals surface area contributed by atoms with Crippen LogP contribution in [0.15, 0.2) is 6.07 Å². The molecule has 0 fully saturated rings. The second kappa shape index (κ2) is 11.7. The summed E-state index contributed by atoms with van der Waals surface area (Å²) in [4.78, 5) is 42.6. The predicted octanol–water partition coefficient (Wildman–Crippen LogP) is -2.16. The van der Waals surface area contributed by atoms with Crippen LogP contribution in [0.4, 0.5) is 5.95 Å². The third-order valence-corrected chi connectivity index (χ3v) is 3.87. The van der Waals surface area contributed by atoms with E-state index in [9.17, 15) is 9.13 Å². The molecule has 0 aliphatic heterocycles. The molecular weight excluding hydrogens is 440 g/mol. The summed E-state index contributed by atoms with van der Waals surface area (Å²) >= 11 is 0. The van der Waals surface area contributed by atoms with E-state index < -0.39 is 53.3 Å². The highest BCUT2D eigenvalue weighted by atomic mass is 31.2. The lowest BCUT2D eigenvalue weighted by Crippen LogP contribution is -2.27. The lowest BCUT2D eigenvalue weighted by molar-refractivity contribution is -0.00130. The second-order valence-electron chi connectivity index (χ2n) is 5.55. The number of anilines is 1. The van der Waals surface area contributed by atoms with Crippen LogP contribution in [0, 0.1) is 0 Å². The van der Waals surface area contributed by atoms with E-state index in [1.807, 2.05) is 0 Å². The van der Waals surface area contributed by atoms with E-state index in [0.29, 0.717) is 0 Å². The number of aliphatic hydroxyl groups excluding tert-OH is 2. The molecule has 1 aromatic heterocycles. The van der Waals surface area contributed by atoms with Gasteiger partial charge in [0.1, 0.15) is 38.1 Å². The zero-order valence-corrected chi connectivity index (χ0v) is 16.8. The zero-order valence-electron chi connectivity index (χ0n) is 15.0. The average Bonchev–Trinajstić information content (AvgIpc) is 2.60. The molecule has 0 unspecified atom stereocenters. The first-order valence-corrected chi connectivity index (χ1v) is 11.5. The van der Waals surface area contributed by atoms with Gasteiger partial charge in [0.15, 0.2) is 0 Å². The number of hydrogen-bond donors (Lipinski definition) is 7. The Morgan fingerprint density at radius 1 is 0.862 bits per heavy atom. The molecule has 1 aromatic rings. The van der Waals surface area contributed by atoms with Gasteiger partial charge in [-0.15, -0.1) is 0 Å². The Balaban J connectivity index is 2.62. The fourth-order valence-corrected chi connectivity index (χ4v) is 2.45. The molecule has 8 N–H and O–H groups in total. The number of ether oxygens (including phenoxy) is 4. The van der Waals surface area contributed by atoms with Gasteiger partial charge in [0.25, 0.3) is 0 Å². The van der Waals surface area contributed by atoms with Gasteiger partial charge in [0, 0.05) is 0 Å². The highest BCUT2D eigenvalue weighted by Gasteiger charge is 2.20. The van der Waals surface area contributed by atoms with Crippen LogP contribution in [0.5, 0.6) is 11.8 Å². The Kier molecular flexibility index (Phi) is 10.4.